The first-order valence-electron chi connectivity index (χ1n) is 6.41. The topological polar surface area (TPSA) is 70.5 Å². The van der Waals surface area contributed by atoms with Gasteiger partial charge in [0.05, 0.1) is 5.92 Å². The van der Waals surface area contributed by atoms with E-state index in [-0.39, 0.29) is 18.5 Å². The smallest absolute Gasteiger partial charge is 0.308 e. The molecule has 0 bridgehead atoms. The van der Waals surface area contributed by atoms with E-state index in [2.05, 4.69) is 4.98 Å². The van der Waals surface area contributed by atoms with Crippen molar-refractivity contribution in [1.82, 2.24) is 9.88 Å². The Morgan fingerprint density at radius 1 is 1.32 bits per heavy atom. The van der Waals surface area contributed by atoms with Gasteiger partial charge in [0, 0.05) is 30.5 Å². The minimum Gasteiger partial charge on any atom is -0.481 e. The molecule has 1 rings (SSSR count). The Hall–Kier alpha value is -1.91. The van der Waals surface area contributed by atoms with Crippen molar-refractivity contribution in [3.63, 3.8) is 0 Å². The zero-order chi connectivity index (χ0) is 14.4. The van der Waals surface area contributed by atoms with E-state index in [1.807, 2.05) is 13.8 Å². The van der Waals surface area contributed by atoms with Crippen molar-refractivity contribution >= 4 is 11.9 Å². The molecule has 5 nitrogen and oxygen atoms in total. The van der Waals surface area contributed by atoms with Crippen LogP contribution >= 0.6 is 0 Å². The van der Waals surface area contributed by atoms with Crippen LogP contribution in [-0.2, 0) is 4.79 Å². The Balaban J connectivity index is 2.91. The van der Waals surface area contributed by atoms with E-state index in [1.54, 1.807) is 36.4 Å². The van der Waals surface area contributed by atoms with Gasteiger partial charge in [0.2, 0.25) is 0 Å². The van der Waals surface area contributed by atoms with Gasteiger partial charge in [-0.1, -0.05) is 13.8 Å². The normalized spacial score (nSPS) is 13.6. The number of carbonyl (C=O) groups is 2. The highest BCUT2D eigenvalue weighted by Crippen LogP contribution is 2.13. The molecule has 1 heterocycles. The molecule has 0 radical (unpaired) electrons. The van der Waals surface area contributed by atoms with Crippen molar-refractivity contribution in [1.29, 1.82) is 0 Å². The molecule has 0 aliphatic rings. The van der Waals surface area contributed by atoms with Crippen molar-refractivity contribution in [2.75, 3.05) is 6.54 Å². The molecular weight excluding hydrogens is 244 g/mol. The summed E-state index contributed by atoms with van der Waals surface area (Å²) in [6.45, 7) is 5.72. The molecule has 0 saturated heterocycles. The van der Waals surface area contributed by atoms with Gasteiger partial charge in [-0.05, 0) is 25.5 Å². The molecule has 2 atom stereocenters. The highest BCUT2D eigenvalue weighted by atomic mass is 16.4. The number of carboxylic acid groups (broad SMARTS) is 1. The second-order valence-corrected chi connectivity index (χ2v) is 4.69. The minimum atomic E-state index is -0.893. The molecule has 0 fully saturated rings. The molecule has 1 amide bonds. The van der Waals surface area contributed by atoms with Crippen LogP contribution in [0.1, 0.15) is 37.6 Å². The minimum absolute atomic E-state index is 0.00228. The van der Waals surface area contributed by atoms with Gasteiger partial charge in [0.25, 0.3) is 5.91 Å². The monoisotopic (exact) mass is 264 g/mol. The Morgan fingerprint density at radius 3 is 2.37 bits per heavy atom. The average Bonchev–Trinajstić information content (AvgIpc) is 2.43. The molecule has 0 aliphatic heterocycles. The van der Waals surface area contributed by atoms with Gasteiger partial charge < -0.3 is 10.0 Å². The SMILES string of the molecule is CCC(C)N(CC(C)C(=O)O)C(=O)c1ccncc1. The third kappa shape index (κ3) is 4.05. The summed E-state index contributed by atoms with van der Waals surface area (Å²) >= 11 is 0. The predicted molar refractivity (Wildman–Crippen MR) is 71.8 cm³/mol. The lowest BCUT2D eigenvalue weighted by Crippen LogP contribution is -2.42. The van der Waals surface area contributed by atoms with Crippen molar-refractivity contribution < 1.29 is 14.7 Å². The zero-order valence-electron chi connectivity index (χ0n) is 11.5. The zero-order valence-corrected chi connectivity index (χ0v) is 11.5. The third-order valence-corrected chi connectivity index (χ3v) is 3.20. The van der Waals surface area contributed by atoms with Crippen LogP contribution in [0.5, 0.6) is 0 Å². The fourth-order valence-electron chi connectivity index (χ4n) is 1.72. The molecule has 19 heavy (non-hydrogen) atoms. The molecule has 104 valence electrons. The standard InChI is InChI=1S/C14H20N2O3/c1-4-11(3)16(9-10(2)14(18)19)13(17)12-5-7-15-8-6-12/h5-8,10-11H,4,9H2,1-3H3,(H,18,19). The second-order valence-electron chi connectivity index (χ2n) is 4.69. The van der Waals surface area contributed by atoms with Crippen molar-refractivity contribution in [2.45, 2.75) is 33.2 Å². The number of carboxylic acids is 1. The van der Waals surface area contributed by atoms with E-state index in [0.29, 0.717) is 5.56 Å². The Bertz CT molecular complexity index is 434. The van der Waals surface area contributed by atoms with Gasteiger partial charge in [-0.3, -0.25) is 14.6 Å². The fraction of sp³-hybridized carbons (Fsp3) is 0.500. The van der Waals surface area contributed by atoms with Gasteiger partial charge >= 0.3 is 5.97 Å². The Morgan fingerprint density at radius 2 is 1.89 bits per heavy atom. The highest BCUT2D eigenvalue weighted by molar-refractivity contribution is 5.94. The van der Waals surface area contributed by atoms with Crippen LogP contribution in [0, 0.1) is 5.92 Å². The summed E-state index contributed by atoms with van der Waals surface area (Å²) in [6.07, 6.45) is 3.90. The molecule has 2 unspecified atom stereocenters. The van der Waals surface area contributed by atoms with Crippen LogP contribution in [0.3, 0.4) is 0 Å². The lowest BCUT2D eigenvalue weighted by Gasteiger charge is -2.30. The maximum atomic E-state index is 12.4. The van der Waals surface area contributed by atoms with Crippen molar-refractivity contribution in [3.8, 4) is 0 Å². The van der Waals surface area contributed by atoms with Gasteiger partial charge in [-0.15, -0.1) is 0 Å². The summed E-state index contributed by atoms with van der Waals surface area (Å²) in [5.74, 6) is -1.62. The number of hydrogen-bond donors (Lipinski definition) is 1. The molecule has 0 saturated carbocycles. The van der Waals surface area contributed by atoms with Crippen LogP contribution in [0.25, 0.3) is 0 Å². The van der Waals surface area contributed by atoms with Crippen LogP contribution in [0.15, 0.2) is 24.5 Å². The first kappa shape index (κ1) is 15.1. The maximum absolute atomic E-state index is 12.4. The summed E-state index contributed by atoms with van der Waals surface area (Å²) in [6, 6.07) is 3.29. The van der Waals surface area contributed by atoms with Crippen molar-refractivity contribution in [3.05, 3.63) is 30.1 Å². The molecule has 1 N–H and O–H groups in total. The van der Waals surface area contributed by atoms with E-state index in [1.165, 1.54) is 0 Å². The second kappa shape index (κ2) is 6.87. The molecule has 0 spiro atoms. The van der Waals surface area contributed by atoms with Gasteiger partial charge in [0.1, 0.15) is 0 Å². The number of carbonyl (C=O) groups excluding carboxylic acids is 1. The highest BCUT2D eigenvalue weighted by Gasteiger charge is 2.24. The summed E-state index contributed by atoms with van der Waals surface area (Å²) in [5.41, 5.74) is 0.535. The first-order chi connectivity index (χ1) is 8.97. The molecule has 1 aromatic heterocycles. The number of nitrogens with zero attached hydrogens (tertiary/aromatic N) is 2. The van der Waals surface area contributed by atoms with Crippen molar-refractivity contribution in [2.24, 2.45) is 5.92 Å². The molecule has 0 aromatic carbocycles. The Labute approximate surface area is 113 Å². The number of rotatable bonds is 6. The lowest BCUT2D eigenvalue weighted by atomic mass is 10.1. The largest absolute Gasteiger partial charge is 0.481 e. The predicted octanol–water partition coefficient (Wildman–Crippen LogP) is 2.04. The number of aliphatic carboxylic acids is 1. The van der Waals surface area contributed by atoms with E-state index in [9.17, 15) is 9.59 Å². The molecular formula is C14H20N2O3. The third-order valence-electron chi connectivity index (χ3n) is 3.20. The van der Waals surface area contributed by atoms with Crippen LogP contribution < -0.4 is 0 Å². The Kier molecular flexibility index (Phi) is 5.48. The number of amides is 1. The summed E-state index contributed by atoms with van der Waals surface area (Å²) < 4.78 is 0. The van der Waals surface area contributed by atoms with Gasteiger partial charge in [0.15, 0.2) is 0 Å². The van der Waals surface area contributed by atoms with Gasteiger partial charge in [-0.25, -0.2) is 0 Å². The lowest BCUT2D eigenvalue weighted by molar-refractivity contribution is -0.141. The number of aromatic nitrogens is 1. The van der Waals surface area contributed by atoms with E-state index in [0.717, 1.165) is 6.42 Å². The van der Waals surface area contributed by atoms with E-state index < -0.39 is 11.9 Å². The number of hydrogen-bond acceptors (Lipinski definition) is 3. The first-order valence-corrected chi connectivity index (χ1v) is 6.41. The fourth-order valence-corrected chi connectivity index (χ4v) is 1.72. The van der Waals surface area contributed by atoms with E-state index >= 15 is 0 Å². The quantitative estimate of drug-likeness (QED) is 0.853. The summed E-state index contributed by atoms with van der Waals surface area (Å²) in [7, 11) is 0. The van der Waals surface area contributed by atoms with E-state index in [4.69, 9.17) is 5.11 Å². The maximum Gasteiger partial charge on any atom is 0.308 e. The molecule has 5 heteroatoms. The summed E-state index contributed by atoms with van der Waals surface area (Å²) in [4.78, 5) is 28.9. The average molecular weight is 264 g/mol. The molecule has 1 aromatic rings. The van der Waals surface area contributed by atoms with Crippen LogP contribution in [0.4, 0.5) is 0 Å². The number of pyridine rings is 1. The molecule has 0 aliphatic carbocycles. The van der Waals surface area contributed by atoms with Gasteiger partial charge in [-0.2, -0.15) is 0 Å². The van der Waals surface area contributed by atoms with Crippen LogP contribution in [-0.4, -0.2) is 39.5 Å². The summed E-state index contributed by atoms with van der Waals surface area (Å²) in [5, 5.41) is 8.99. The van der Waals surface area contributed by atoms with Crippen LogP contribution in [0.2, 0.25) is 0 Å².